The molecule has 2 aromatic carbocycles. The fourth-order valence-corrected chi connectivity index (χ4v) is 4.85. The van der Waals surface area contributed by atoms with Gasteiger partial charge in [0.05, 0.1) is 12.8 Å². The van der Waals surface area contributed by atoms with Crippen LogP contribution in [-0.2, 0) is 6.54 Å². The quantitative estimate of drug-likeness (QED) is 0.398. The summed E-state index contributed by atoms with van der Waals surface area (Å²) in [5.41, 5.74) is 6.47. The number of hydrogen-bond donors (Lipinski definition) is 1. The van der Waals surface area contributed by atoms with Gasteiger partial charge in [0.1, 0.15) is 0 Å². The summed E-state index contributed by atoms with van der Waals surface area (Å²) < 4.78 is 5.27. The van der Waals surface area contributed by atoms with Crippen molar-refractivity contribution in [3.63, 3.8) is 0 Å². The van der Waals surface area contributed by atoms with Gasteiger partial charge in [-0.25, -0.2) is 9.97 Å². The summed E-state index contributed by atoms with van der Waals surface area (Å²) in [6, 6.07) is 18.1. The highest BCUT2D eigenvalue weighted by atomic mass is 16.5. The van der Waals surface area contributed by atoms with E-state index < -0.39 is 0 Å². The lowest BCUT2D eigenvalue weighted by Crippen LogP contribution is -2.33. The largest absolute Gasteiger partial charge is 0.504 e. The maximum atomic E-state index is 10.5. The van der Waals surface area contributed by atoms with Crippen LogP contribution < -0.4 is 4.74 Å². The first-order chi connectivity index (χ1) is 17.1. The summed E-state index contributed by atoms with van der Waals surface area (Å²) in [6.07, 6.45) is 7.53. The van der Waals surface area contributed by atoms with E-state index in [4.69, 9.17) is 14.7 Å². The van der Waals surface area contributed by atoms with E-state index in [1.165, 1.54) is 5.56 Å². The molecule has 178 valence electrons. The molecule has 1 N–H and O–H groups in total. The number of rotatable bonds is 6. The molecule has 0 spiro atoms. The van der Waals surface area contributed by atoms with Gasteiger partial charge in [-0.3, -0.25) is 9.88 Å². The van der Waals surface area contributed by atoms with Gasteiger partial charge in [0.25, 0.3) is 0 Å². The molecule has 4 aromatic rings. The molecule has 0 radical (unpaired) electrons. The van der Waals surface area contributed by atoms with Gasteiger partial charge < -0.3 is 9.84 Å². The molecule has 5 rings (SSSR count). The first-order valence-corrected chi connectivity index (χ1v) is 12.0. The van der Waals surface area contributed by atoms with Crippen LogP contribution in [0, 0.1) is 6.92 Å². The molecule has 35 heavy (non-hydrogen) atoms. The summed E-state index contributed by atoms with van der Waals surface area (Å²) in [5.74, 6) is 1.83. The molecule has 0 saturated carbocycles. The number of piperidine rings is 1. The van der Waals surface area contributed by atoms with Crippen LogP contribution >= 0.6 is 0 Å². The first kappa shape index (κ1) is 23.0. The number of aromatic hydroxyl groups is 1. The van der Waals surface area contributed by atoms with Crippen LogP contribution in [0.25, 0.3) is 22.5 Å². The molecule has 1 saturated heterocycles. The molecular formula is C29H30N4O2. The molecule has 0 unspecified atom stereocenters. The minimum Gasteiger partial charge on any atom is -0.504 e. The van der Waals surface area contributed by atoms with Crippen molar-refractivity contribution in [1.29, 1.82) is 0 Å². The fraction of sp³-hybridized carbons (Fsp3) is 0.276. The van der Waals surface area contributed by atoms with Crippen molar-refractivity contribution in [3.8, 4) is 34.0 Å². The van der Waals surface area contributed by atoms with Gasteiger partial charge in [0.2, 0.25) is 0 Å². The van der Waals surface area contributed by atoms with Crippen LogP contribution in [0.2, 0.25) is 0 Å². The highest BCUT2D eigenvalue weighted by Gasteiger charge is 2.26. The van der Waals surface area contributed by atoms with Crippen molar-refractivity contribution in [2.75, 3.05) is 20.2 Å². The van der Waals surface area contributed by atoms with E-state index in [0.29, 0.717) is 18.2 Å². The maximum absolute atomic E-state index is 10.5. The molecular weight excluding hydrogens is 436 g/mol. The van der Waals surface area contributed by atoms with E-state index in [-0.39, 0.29) is 5.75 Å². The van der Waals surface area contributed by atoms with E-state index in [0.717, 1.165) is 59.7 Å². The van der Waals surface area contributed by atoms with E-state index >= 15 is 0 Å². The topological polar surface area (TPSA) is 71.4 Å². The summed E-state index contributed by atoms with van der Waals surface area (Å²) in [6.45, 7) is 4.68. The molecule has 2 aromatic heterocycles. The zero-order chi connectivity index (χ0) is 24.2. The van der Waals surface area contributed by atoms with Crippen LogP contribution in [0.4, 0.5) is 0 Å². The second kappa shape index (κ2) is 10.2. The zero-order valence-electron chi connectivity index (χ0n) is 20.2. The normalized spacial score (nSPS) is 14.7. The van der Waals surface area contributed by atoms with Gasteiger partial charge in [0.15, 0.2) is 17.3 Å². The number of nitrogens with zero attached hydrogens (tertiary/aromatic N) is 4. The summed E-state index contributed by atoms with van der Waals surface area (Å²) in [5, 5.41) is 10.5. The number of hydrogen-bond acceptors (Lipinski definition) is 6. The molecule has 0 amide bonds. The van der Waals surface area contributed by atoms with E-state index in [1.807, 2.05) is 30.5 Å². The average Bonchev–Trinajstić information content (AvgIpc) is 2.90. The molecule has 3 heterocycles. The number of phenolic OH excluding ortho intramolecular Hbond substituents is 1. The Kier molecular flexibility index (Phi) is 6.73. The predicted octanol–water partition coefficient (Wildman–Crippen LogP) is 5.61. The third-order valence-corrected chi connectivity index (χ3v) is 6.76. The Balaban J connectivity index is 1.41. The van der Waals surface area contributed by atoms with Crippen LogP contribution in [0.3, 0.4) is 0 Å². The highest BCUT2D eigenvalue weighted by molar-refractivity contribution is 5.68. The Morgan fingerprint density at radius 3 is 2.51 bits per heavy atom. The minimum atomic E-state index is 0.233. The van der Waals surface area contributed by atoms with Crippen molar-refractivity contribution in [1.82, 2.24) is 19.9 Å². The maximum Gasteiger partial charge on any atom is 0.162 e. The van der Waals surface area contributed by atoms with E-state index in [1.54, 1.807) is 25.6 Å². The Morgan fingerprint density at radius 2 is 1.77 bits per heavy atom. The molecule has 0 aliphatic carbocycles. The predicted molar refractivity (Wildman–Crippen MR) is 137 cm³/mol. The van der Waals surface area contributed by atoms with Crippen molar-refractivity contribution < 1.29 is 9.84 Å². The van der Waals surface area contributed by atoms with Crippen molar-refractivity contribution in [3.05, 3.63) is 90.0 Å². The van der Waals surface area contributed by atoms with Gasteiger partial charge >= 0.3 is 0 Å². The number of phenols is 1. The summed E-state index contributed by atoms with van der Waals surface area (Å²) in [7, 11) is 1.58. The second-order valence-corrected chi connectivity index (χ2v) is 9.12. The lowest BCUT2D eigenvalue weighted by atomic mass is 9.88. The Bertz CT molecular complexity index is 1300. The highest BCUT2D eigenvalue weighted by Crippen LogP contribution is 2.36. The number of benzene rings is 2. The number of para-hydroxylation sites is 1. The Labute approximate surface area is 206 Å². The SMILES string of the molecule is COc1cccc(CN2CCC(c3nc(-c4ccncc4)ncc3-c3cccc(C)c3)CC2)c1O. The monoisotopic (exact) mass is 466 g/mol. The molecule has 1 aliphatic rings. The van der Waals surface area contributed by atoms with Crippen LogP contribution in [0.15, 0.2) is 73.2 Å². The molecule has 0 atom stereocenters. The van der Waals surface area contributed by atoms with Crippen LogP contribution in [-0.4, -0.2) is 45.2 Å². The van der Waals surface area contributed by atoms with Gasteiger partial charge in [-0.2, -0.15) is 0 Å². The summed E-state index contributed by atoms with van der Waals surface area (Å²) >= 11 is 0. The minimum absolute atomic E-state index is 0.233. The molecule has 1 fully saturated rings. The van der Waals surface area contributed by atoms with E-state index in [9.17, 15) is 5.11 Å². The number of aryl methyl sites for hydroxylation is 1. The van der Waals surface area contributed by atoms with Gasteiger partial charge in [-0.05, 0) is 56.6 Å². The third-order valence-electron chi connectivity index (χ3n) is 6.76. The van der Waals surface area contributed by atoms with Gasteiger partial charge in [0, 0.05) is 47.7 Å². The third kappa shape index (κ3) is 5.03. The van der Waals surface area contributed by atoms with Crippen molar-refractivity contribution in [2.24, 2.45) is 0 Å². The summed E-state index contributed by atoms with van der Waals surface area (Å²) in [4.78, 5) is 16.3. The number of methoxy groups -OCH3 is 1. The molecule has 0 bridgehead atoms. The smallest absolute Gasteiger partial charge is 0.162 e. The number of likely N-dealkylation sites (tertiary alicyclic amines) is 1. The van der Waals surface area contributed by atoms with E-state index in [2.05, 4.69) is 41.1 Å². The van der Waals surface area contributed by atoms with Crippen LogP contribution in [0.1, 0.15) is 35.6 Å². The first-order valence-electron chi connectivity index (χ1n) is 12.0. The number of aromatic nitrogens is 3. The lowest BCUT2D eigenvalue weighted by molar-refractivity contribution is 0.201. The Morgan fingerprint density at radius 1 is 1.00 bits per heavy atom. The van der Waals surface area contributed by atoms with Gasteiger partial charge in [-0.1, -0.05) is 42.0 Å². The fourth-order valence-electron chi connectivity index (χ4n) is 4.85. The molecule has 6 nitrogen and oxygen atoms in total. The number of pyridine rings is 1. The Hall–Kier alpha value is -3.77. The van der Waals surface area contributed by atoms with Crippen molar-refractivity contribution >= 4 is 0 Å². The van der Waals surface area contributed by atoms with Crippen LogP contribution in [0.5, 0.6) is 11.5 Å². The van der Waals surface area contributed by atoms with Gasteiger partial charge in [-0.15, -0.1) is 0 Å². The van der Waals surface area contributed by atoms with Crippen molar-refractivity contribution in [2.45, 2.75) is 32.2 Å². The zero-order valence-corrected chi connectivity index (χ0v) is 20.2. The second-order valence-electron chi connectivity index (χ2n) is 9.12. The average molecular weight is 467 g/mol. The standard InChI is InChI=1S/C29H30N4O2/c1-20-5-3-6-23(17-20)25-18-31-29(22-9-13-30-14-10-22)32-27(25)21-11-15-33(16-12-21)19-24-7-4-8-26(35-2)28(24)34/h3-10,13-14,17-18,21,34H,11-12,15-16,19H2,1-2H3. The molecule has 6 heteroatoms. The lowest BCUT2D eigenvalue weighted by Gasteiger charge is -2.32. The molecule has 1 aliphatic heterocycles. The number of ether oxygens (including phenoxy) is 1.